The molecule has 0 saturated carbocycles. The summed E-state index contributed by atoms with van der Waals surface area (Å²) < 4.78 is 36.0. The summed E-state index contributed by atoms with van der Waals surface area (Å²) in [6.45, 7) is 2.90. The minimum atomic E-state index is -3.65. The topological polar surface area (TPSA) is 72.2 Å². The Kier molecular flexibility index (Phi) is 4.71. The number of rotatable bonds is 5. The van der Waals surface area contributed by atoms with Crippen LogP contribution >= 0.6 is 0 Å². The fourth-order valence-electron chi connectivity index (χ4n) is 3.34. The highest BCUT2D eigenvalue weighted by Crippen LogP contribution is 2.36. The summed E-state index contributed by atoms with van der Waals surface area (Å²) in [7, 11) is -3.65. The van der Waals surface area contributed by atoms with Crippen LogP contribution in [0.5, 0.6) is 0 Å². The first kappa shape index (κ1) is 17.1. The highest BCUT2D eigenvalue weighted by molar-refractivity contribution is 7.89. The normalized spacial score (nSPS) is 20.1. The van der Waals surface area contributed by atoms with Crippen molar-refractivity contribution in [3.8, 4) is 0 Å². The molecule has 1 aliphatic rings. The van der Waals surface area contributed by atoms with E-state index in [1.54, 1.807) is 18.2 Å². The van der Waals surface area contributed by atoms with Crippen LogP contribution in [0, 0.1) is 11.7 Å². The van der Waals surface area contributed by atoms with Crippen LogP contribution in [0.1, 0.15) is 29.7 Å². The molecule has 0 fully saturated rings. The molecule has 24 heavy (non-hydrogen) atoms. The van der Waals surface area contributed by atoms with Crippen molar-refractivity contribution in [3.05, 3.63) is 65.0 Å². The molecule has 0 aromatic heterocycles. The van der Waals surface area contributed by atoms with Gasteiger partial charge in [0.15, 0.2) is 0 Å². The van der Waals surface area contributed by atoms with Crippen molar-refractivity contribution in [2.75, 3.05) is 6.54 Å². The Bertz CT molecular complexity index is 835. The Morgan fingerprint density at radius 3 is 2.58 bits per heavy atom. The van der Waals surface area contributed by atoms with E-state index in [9.17, 15) is 12.8 Å². The molecular weight excluding hydrogens is 327 g/mol. The second-order valence-corrected chi connectivity index (χ2v) is 7.96. The Morgan fingerprint density at radius 2 is 1.92 bits per heavy atom. The number of sulfonamides is 1. The van der Waals surface area contributed by atoms with Crippen molar-refractivity contribution >= 4 is 10.0 Å². The lowest BCUT2D eigenvalue weighted by molar-refractivity contribution is 0.418. The SMILES string of the molecule is C[C@H]1Cc2ccc(F)cc2[C@@H]1NCCc1ccc(S(N)(=O)=O)cc1. The monoisotopic (exact) mass is 348 g/mol. The molecule has 6 heteroatoms. The molecule has 0 aliphatic heterocycles. The zero-order valence-corrected chi connectivity index (χ0v) is 14.3. The van der Waals surface area contributed by atoms with Gasteiger partial charge in [-0.2, -0.15) is 0 Å². The first-order chi connectivity index (χ1) is 11.3. The molecule has 2 aromatic carbocycles. The molecular formula is C18H21FN2O2S. The molecule has 1 aliphatic carbocycles. The number of nitrogens with two attached hydrogens (primary N) is 1. The summed E-state index contributed by atoms with van der Waals surface area (Å²) in [6, 6.07) is 11.7. The van der Waals surface area contributed by atoms with Gasteiger partial charge in [-0.15, -0.1) is 0 Å². The van der Waals surface area contributed by atoms with Crippen LogP contribution in [0.25, 0.3) is 0 Å². The Morgan fingerprint density at radius 1 is 1.21 bits per heavy atom. The van der Waals surface area contributed by atoms with E-state index >= 15 is 0 Å². The summed E-state index contributed by atoms with van der Waals surface area (Å²) in [6.07, 6.45) is 1.72. The lowest BCUT2D eigenvalue weighted by atomic mass is 10.0. The third kappa shape index (κ3) is 3.66. The number of hydrogen-bond donors (Lipinski definition) is 2. The first-order valence-electron chi connectivity index (χ1n) is 7.98. The van der Waals surface area contributed by atoms with E-state index in [0.717, 1.165) is 30.5 Å². The minimum Gasteiger partial charge on any atom is -0.309 e. The van der Waals surface area contributed by atoms with E-state index in [2.05, 4.69) is 12.2 Å². The van der Waals surface area contributed by atoms with E-state index in [1.807, 2.05) is 6.07 Å². The predicted molar refractivity (Wildman–Crippen MR) is 91.5 cm³/mol. The molecule has 0 amide bonds. The van der Waals surface area contributed by atoms with E-state index in [4.69, 9.17) is 5.14 Å². The summed E-state index contributed by atoms with van der Waals surface area (Å²) in [5.41, 5.74) is 3.28. The molecule has 3 N–H and O–H groups in total. The summed E-state index contributed by atoms with van der Waals surface area (Å²) in [4.78, 5) is 0.119. The van der Waals surface area contributed by atoms with Gasteiger partial charge in [0.1, 0.15) is 5.82 Å². The van der Waals surface area contributed by atoms with E-state index < -0.39 is 10.0 Å². The van der Waals surface area contributed by atoms with E-state index in [0.29, 0.717) is 5.92 Å². The molecule has 2 atom stereocenters. The van der Waals surface area contributed by atoms with Gasteiger partial charge in [0.2, 0.25) is 10.0 Å². The molecule has 0 radical (unpaired) electrons. The lowest BCUT2D eigenvalue weighted by Crippen LogP contribution is -2.26. The molecule has 0 spiro atoms. The standard InChI is InChI=1S/C18H21FN2O2S/c1-12-10-14-4-5-15(19)11-17(14)18(12)21-9-8-13-2-6-16(7-3-13)24(20,22)23/h2-7,11-12,18,21H,8-10H2,1H3,(H2,20,22,23)/t12-,18+/m0/s1. The summed E-state index contributed by atoms with van der Waals surface area (Å²) in [5.74, 6) is 0.222. The molecule has 0 unspecified atom stereocenters. The largest absolute Gasteiger partial charge is 0.309 e. The molecule has 0 heterocycles. The number of hydrogen-bond acceptors (Lipinski definition) is 3. The van der Waals surface area contributed by atoms with Crippen molar-refractivity contribution < 1.29 is 12.8 Å². The summed E-state index contributed by atoms with van der Waals surface area (Å²) in [5, 5.41) is 8.59. The van der Waals surface area contributed by atoms with Gasteiger partial charge in [-0.25, -0.2) is 17.9 Å². The second-order valence-electron chi connectivity index (χ2n) is 6.40. The van der Waals surface area contributed by atoms with Gasteiger partial charge in [0, 0.05) is 6.04 Å². The molecule has 2 aromatic rings. The Labute approximate surface area is 141 Å². The van der Waals surface area contributed by atoms with E-state index in [-0.39, 0.29) is 16.8 Å². The van der Waals surface area contributed by atoms with Gasteiger partial charge in [-0.3, -0.25) is 0 Å². The number of nitrogens with one attached hydrogen (secondary N) is 1. The average Bonchev–Trinajstić information content (AvgIpc) is 2.82. The van der Waals surface area contributed by atoms with Gasteiger partial charge in [0.25, 0.3) is 0 Å². The molecule has 0 saturated heterocycles. The van der Waals surface area contributed by atoms with Crippen LogP contribution in [-0.2, 0) is 22.9 Å². The third-order valence-corrected chi connectivity index (χ3v) is 5.51. The maximum Gasteiger partial charge on any atom is 0.238 e. The van der Waals surface area contributed by atoms with Gasteiger partial charge in [0.05, 0.1) is 4.90 Å². The average molecular weight is 348 g/mol. The van der Waals surface area contributed by atoms with Gasteiger partial charge < -0.3 is 5.32 Å². The Balaban J connectivity index is 1.62. The van der Waals surface area contributed by atoms with Crippen LogP contribution < -0.4 is 10.5 Å². The van der Waals surface area contributed by atoms with Gasteiger partial charge in [-0.1, -0.05) is 25.1 Å². The van der Waals surface area contributed by atoms with Crippen molar-refractivity contribution in [3.63, 3.8) is 0 Å². The Hall–Kier alpha value is -1.76. The maximum atomic E-state index is 13.5. The minimum absolute atomic E-state index is 0.119. The number of fused-ring (bicyclic) bond motifs is 1. The van der Waals surface area contributed by atoms with Crippen molar-refractivity contribution in [2.45, 2.75) is 30.7 Å². The fraction of sp³-hybridized carbons (Fsp3) is 0.333. The number of halogens is 1. The van der Waals surface area contributed by atoms with Crippen LogP contribution in [0.4, 0.5) is 4.39 Å². The number of benzene rings is 2. The van der Waals surface area contributed by atoms with Crippen LogP contribution in [0.15, 0.2) is 47.4 Å². The highest BCUT2D eigenvalue weighted by Gasteiger charge is 2.29. The second kappa shape index (κ2) is 6.63. The third-order valence-electron chi connectivity index (χ3n) is 4.58. The predicted octanol–water partition coefficient (Wildman–Crippen LogP) is 2.54. The van der Waals surface area contributed by atoms with Crippen LogP contribution in [0.3, 0.4) is 0 Å². The molecule has 128 valence electrons. The summed E-state index contributed by atoms with van der Waals surface area (Å²) >= 11 is 0. The van der Waals surface area contributed by atoms with Gasteiger partial charge in [-0.05, 0) is 66.3 Å². The van der Waals surface area contributed by atoms with Gasteiger partial charge >= 0.3 is 0 Å². The van der Waals surface area contributed by atoms with Crippen LogP contribution in [0.2, 0.25) is 0 Å². The number of primary sulfonamides is 1. The highest BCUT2D eigenvalue weighted by atomic mass is 32.2. The first-order valence-corrected chi connectivity index (χ1v) is 9.52. The lowest BCUT2D eigenvalue weighted by Gasteiger charge is -2.19. The van der Waals surface area contributed by atoms with Crippen molar-refractivity contribution in [1.29, 1.82) is 0 Å². The quantitative estimate of drug-likeness (QED) is 0.872. The zero-order chi connectivity index (χ0) is 17.3. The smallest absolute Gasteiger partial charge is 0.238 e. The van der Waals surface area contributed by atoms with E-state index in [1.165, 1.54) is 23.8 Å². The molecule has 0 bridgehead atoms. The molecule has 4 nitrogen and oxygen atoms in total. The van der Waals surface area contributed by atoms with Crippen molar-refractivity contribution in [1.82, 2.24) is 5.32 Å². The van der Waals surface area contributed by atoms with Crippen LogP contribution in [-0.4, -0.2) is 15.0 Å². The zero-order valence-electron chi connectivity index (χ0n) is 13.5. The van der Waals surface area contributed by atoms with Crippen molar-refractivity contribution in [2.24, 2.45) is 11.1 Å². The fourth-order valence-corrected chi connectivity index (χ4v) is 3.86. The maximum absolute atomic E-state index is 13.5. The molecule has 3 rings (SSSR count).